The fraction of sp³-hybridized carbons (Fsp3) is 0.294. The van der Waals surface area contributed by atoms with Crippen molar-refractivity contribution in [2.45, 2.75) is 19.8 Å². The van der Waals surface area contributed by atoms with Crippen LogP contribution in [0.3, 0.4) is 0 Å². The van der Waals surface area contributed by atoms with E-state index in [2.05, 4.69) is 20.8 Å². The number of anilines is 2. The number of rotatable bonds is 8. The molecule has 0 saturated carbocycles. The van der Waals surface area contributed by atoms with Gasteiger partial charge in [0.15, 0.2) is 5.13 Å². The maximum absolute atomic E-state index is 12.2. The maximum atomic E-state index is 12.2. The summed E-state index contributed by atoms with van der Waals surface area (Å²) in [5.74, 6) is 0.502. The van der Waals surface area contributed by atoms with Crippen molar-refractivity contribution in [3.63, 3.8) is 0 Å². The standard InChI is InChI=1S/C17H21N5O4S/c1-10(21-22-16(24)8-12-9-19-17(18)27-12)6-15(23)20-13-5-4-11(25-2)7-14(13)26-3/h4-5,7,9H,6,8H2,1-3H3,(H2,18,19)(H,20,23)(H,22,24). The second-order valence-corrected chi connectivity index (χ2v) is 6.66. The van der Waals surface area contributed by atoms with Gasteiger partial charge < -0.3 is 20.5 Å². The van der Waals surface area contributed by atoms with Gasteiger partial charge in [0.05, 0.1) is 32.7 Å². The molecule has 0 spiro atoms. The number of ether oxygens (including phenoxy) is 2. The normalized spacial score (nSPS) is 11.0. The van der Waals surface area contributed by atoms with Crippen molar-refractivity contribution < 1.29 is 19.1 Å². The fourth-order valence-electron chi connectivity index (χ4n) is 2.13. The topological polar surface area (TPSA) is 128 Å². The lowest BCUT2D eigenvalue weighted by Crippen LogP contribution is -2.22. The lowest BCUT2D eigenvalue weighted by Gasteiger charge is -2.11. The third kappa shape index (κ3) is 6.26. The van der Waals surface area contributed by atoms with Crippen molar-refractivity contribution in [2.75, 3.05) is 25.3 Å². The molecule has 0 bridgehead atoms. The Morgan fingerprint density at radius 3 is 2.67 bits per heavy atom. The first-order valence-electron chi connectivity index (χ1n) is 7.95. The molecule has 0 radical (unpaired) electrons. The van der Waals surface area contributed by atoms with E-state index >= 15 is 0 Å². The number of hydrogen-bond acceptors (Lipinski definition) is 8. The van der Waals surface area contributed by atoms with E-state index in [1.165, 1.54) is 18.4 Å². The Labute approximate surface area is 160 Å². The molecule has 0 aliphatic rings. The molecule has 1 aromatic heterocycles. The number of methoxy groups -OCH3 is 2. The highest BCUT2D eigenvalue weighted by molar-refractivity contribution is 7.15. The highest BCUT2D eigenvalue weighted by atomic mass is 32.1. The van der Waals surface area contributed by atoms with Gasteiger partial charge in [0.2, 0.25) is 11.8 Å². The van der Waals surface area contributed by atoms with Crippen LogP contribution in [0.4, 0.5) is 10.8 Å². The molecule has 0 fully saturated rings. The number of amides is 2. The number of nitrogens with one attached hydrogen (secondary N) is 2. The second-order valence-electron chi connectivity index (χ2n) is 5.51. The van der Waals surface area contributed by atoms with Crippen LogP contribution in [0.25, 0.3) is 0 Å². The van der Waals surface area contributed by atoms with E-state index in [0.29, 0.717) is 28.0 Å². The molecule has 4 N–H and O–H groups in total. The van der Waals surface area contributed by atoms with E-state index in [-0.39, 0.29) is 24.7 Å². The summed E-state index contributed by atoms with van der Waals surface area (Å²) in [5, 5.41) is 7.08. The van der Waals surface area contributed by atoms with Gasteiger partial charge in [0, 0.05) is 22.9 Å². The van der Waals surface area contributed by atoms with E-state index < -0.39 is 0 Å². The van der Waals surface area contributed by atoms with Crippen LogP contribution < -0.4 is 25.9 Å². The zero-order chi connectivity index (χ0) is 19.8. The minimum atomic E-state index is -0.310. The molecule has 0 unspecified atom stereocenters. The van der Waals surface area contributed by atoms with Crippen molar-refractivity contribution in [3.8, 4) is 11.5 Å². The molecule has 1 aromatic carbocycles. The molecular weight excluding hydrogens is 370 g/mol. The van der Waals surface area contributed by atoms with Crippen LogP contribution in [0.5, 0.6) is 11.5 Å². The monoisotopic (exact) mass is 391 g/mol. The number of nitrogen functional groups attached to an aromatic ring is 1. The number of hydrazone groups is 1. The lowest BCUT2D eigenvalue weighted by molar-refractivity contribution is -0.120. The summed E-state index contributed by atoms with van der Waals surface area (Å²) in [6.07, 6.45) is 1.69. The van der Waals surface area contributed by atoms with E-state index in [9.17, 15) is 9.59 Å². The Morgan fingerprint density at radius 1 is 1.26 bits per heavy atom. The second kappa shape index (κ2) is 9.53. The average molecular weight is 391 g/mol. The van der Waals surface area contributed by atoms with Gasteiger partial charge >= 0.3 is 0 Å². The molecule has 2 rings (SSSR count). The number of carbonyl (C=O) groups is 2. The summed E-state index contributed by atoms with van der Waals surface area (Å²) in [6, 6.07) is 5.07. The highest BCUT2D eigenvalue weighted by Crippen LogP contribution is 2.29. The molecular formula is C17H21N5O4S. The van der Waals surface area contributed by atoms with Gasteiger partial charge in [-0.25, -0.2) is 10.4 Å². The van der Waals surface area contributed by atoms with Crippen LogP contribution in [0.1, 0.15) is 18.2 Å². The van der Waals surface area contributed by atoms with Gasteiger partial charge in [-0.2, -0.15) is 5.10 Å². The number of benzene rings is 1. The minimum Gasteiger partial charge on any atom is -0.497 e. The number of thiazole rings is 1. The number of nitrogens with zero attached hydrogens (tertiary/aromatic N) is 2. The smallest absolute Gasteiger partial charge is 0.245 e. The summed E-state index contributed by atoms with van der Waals surface area (Å²) >= 11 is 1.24. The van der Waals surface area contributed by atoms with Crippen molar-refractivity contribution >= 4 is 39.7 Å². The van der Waals surface area contributed by atoms with Crippen LogP contribution in [0.15, 0.2) is 29.5 Å². The van der Waals surface area contributed by atoms with Crippen molar-refractivity contribution in [2.24, 2.45) is 5.10 Å². The quantitative estimate of drug-likeness (QED) is 0.465. The van der Waals surface area contributed by atoms with Crippen LogP contribution in [0.2, 0.25) is 0 Å². The Hall–Kier alpha value is -3.14. The predicted molar refractivity (Wildman–Crippen MR) is 104 cm³/mol. The van der Waals surface area contributed by atoms with Crippen LogP contribution in [-0.2, 0) is 16.0 Å². The fourth-order valence-corrected chi connectivity index (χ4v) is 2.81. The number of aromatic nitrogens is 1. The molecule has 0 aliphatic carbocycles. The first-order valence-corrected chi connectivity index (χ1v) is 8.77. The molecule has 2 amide bonds. The molecule has 27 heavy (non-hydrogen) atoms. The summed E-state index contributed by atoms with van der Waals surface area (Å²) in [7, 11) is 3.05. The summed E-state index contributed by atoms with van der Waals surface area (Å²) in [4.78, 5) is 28.6. The number of hydrogen-bond donors (Lipinski definition) is 3. The molecule has 0 aliphatic heterocycles. The Morgan fingerprint density at radius 2 is 2.04 bits per heavy atom. The third-order valence-electron chi connectivity index (χ3n) is 3.38. The SMILES string of the molecule is COc1ccc(NC(=O)CC(C)=NNC(=O)Cc2cnc(N)s2)c(OC)c1. The first kappa shape index (κ1) is 20.2. The Bertz CT molecular complexity index is 850. The zero-order valence-corrected chi connectivity index (χ0v) is 16.1. The Balaban J connectivity index is 1.87. The third-order valence-corrected chi connectivity index (χ3v) is 4.20. The molecule has 2 aromatic rings. The van der Waals surface area contributed by atoms with Gasteiger partial charge in [-0.3, -0.25) is 9.59 Å². The predicted octanol–water partition coefficient (Wildman–Crippen LogP) is 1.81. The summed E-state index contributed by atoms with van der Waals surface area (Å²) in [6.45, 7) is 1.65. The number of carbonyl (C=O) groups excluding carboxylic acids is 2. The van der Waals surface area contributed by atoms with Gasteiger partial charge in [-0.15, -0.1) is 11.3 Å². The van der Waals surface area contributed by atoms with E-state index in [1.807, 2.05) is 0 Å². The average Bonchev–Trinajstić information content (AvgIpc) is 3.04. The zero-order valence-electron chi connectivity index (χ0n) is 15.2. The maximum Gasteiger partial charge on any atom is 0.245 e. The van der Waals surface area contributed by atoms with Crippen LogP contribution in [-0.4, -0.2) is 36.7 Å². The van der Waals surface area contributed by atoms with Gasteiger partial charge in [-0.1, -0.05) is 0 Å². The first-order chi connectivity index (χ1) is 12.9. The van der Waals surface area contributed by atoms with Crippen molar-refractivity contribution in [3.05, 3.63) is 29.3 Å². The largest absolute Gasteiger partial charge is 0.497 e. The molecule has 144 valence electrons. The van der Waals surface area contributed by atoms with E-state index in [4.69, 9.17) is 15.2 Å². The van der Waals surface area contributed by atoms with Crippen molar-refractivity contribution in [1.29, 1.82) is 0 Å². The lowest BCUT2D eigenvalue weighted by atomic mass is 10.2. The van der Waals surface area contributed by atoms with E-state index in [0.717, 1.165) is 4.88 Å². The van der Waals surface area contributed by atoms with Gasteiger partial charge in [-0.05, 0) is 19.1 Å². The molecule has 1 heterocycles. The van der Waals surface area contributed by atoms with E-state index in [1.54, 1.807) is 38.4 Å². The molecule has 0 atom stereocenters. The van der Waals surface area contributed by atoms with Gasteiger partial charge in [0.25, 0.3) is 0 Å². The van der Waals surface area contributed by atoms with Crippen LogP contribution >= 0.6 is 11.3 Å². The summed E-state index contributed by atoms with van der Waals surface area (Å²) < 4.78 is 10.4. The van der Waals surface area contributed by atoms with Crippen molar-refractivity contribution in [1.82, 2.24) is 10.4 Å². The molecule has 10 heteroatoms. The molecule has 0 saturated heterocycles. The number of nitrogens with two attached hydrogens (primary N) is 1. The van der Waals surface area contributed by atoms with Gasteiger partial charge in [0.1, 0.15) is 11.5 Å². The van der Waals surface area contributed by atoms with Crippen LogP contribution in [0, 0.1) is 0 Å². The molecule has 9 nitrogen and oxygen atoms in total. The minimum absolute atomic E-state index is 0.0168. The Kier molecular flexibility index (Phi) is 7.12. The highest BCUT2D eigenvalue weighted by Gasteiger charge is 2.11. The summed E-state index contributed by atoms with van der Waals surface area (Å²) in [5.41, 5.74) is 8.90.